The molecule has 5 rings (SSSR count). The Labute approximate surface area is 210 Å². The Bertz CT molecular complexity index is 1160. The number of hydrogen-bond donors (Lipinski definition) is 0. The predicted octanol–water partition coefficient (Wildman–Crippen LogP) is 5.57. The van der Waals surface area contributed by atoms with Crippen molar-refractivity contribution in [2.45, 2.75) is 50.3 Å². The molecule has 3 aliphatic rings. The van der Waals surface area contributed by atoms with Gasteiger partial charge in [0, 0.05) is 17.4 Å². The van der Waals surface area contributed by atoms with Gasteiger partial charge in [-0.15, -0.1) is 0 Å². The first-order chi connectivity index (χ1) is 17.1. The van der Waals surface area contributed by atoms with E-state index in [0.29, 0.717) is 23.3 Å². The second kappa shape index (κ2) is 10.3. The van der Waals surface area contributed by atoms with E-state index < -0.39 is 0 Å². The molecule has 2 aromatic carbocycles. The molecule has 35 heavy (non-hydrogen) atoms. The van der Waals surface area contributed by atoms with Crippen molar-refractivity contribution in [1.82, 2.24) is 4.90 Å². The molecule has 1 fully saturated rings. The summed E-state index contributed by atoms with van der Waals surface area (Å²) < 4.78 is 16.3. The van der Waals surface area contributed by atoms with Crippen LogP contribution in [0, 0.1) is 5.92 Å². The summed E-state index contributed by atoms with van der Waals surface area (Å²) in [7, 11) is 4.88. The van der Waals surface area contributed by atoms with Crippen molar-refractivity contribution in [2.75, 3.05) is 21.3 Å². The second-order valence-electron chi connectivity index (χ2n) is 9.15. The Hall–Kier alpha value is -3.00. The van der Waals surface area contributed by atoms with Gasteiger partial charge in [-0.05, 0) is 36.1 Å². The van der Waals surface area contributed by atoms with Crippen molar-refractivity contribution in [3.05, 3.63) is 47.5 Å². The summed E-state index contributed by atoms with van der Waals surface area (Å²) in [6, 6.07) is 11.5. The molecule has 2 heterocycles. The molecule has 184 valence electrons. The summed E-state index contributed by atoms with van der Waals surface area (Å²) in [6.07, 6.45) is 6.95. The number of carbonyl (C=O) groups is 1. The van der Waals surface area contributed by atoms with Gasteiger partial charge in [-0.3, -0.25) is 9.69 Å². The van der Waals surface area contributed by atoms with Crippen molar-refractivity contribution in [3.8, 4) is 17.2 Å². The maximum Gasteiger partial charge on any atom is 0.270 e. The largest absolute Gasteiger partial charge is 0.497 e. The molecule has 0 bridgehead atoms. The van der Waals surface area contributed by atoms with Gasteiger partial charge in [0.15, 0.2) is 16.7 Å². The zero-order chi connectivity index (χ0) is 24.4. The monoisotopic (exact) mass is 493 g/mol. The van der Waals surface area contributed by atoms with Gasteiger partial charge in [-0.25, -0.2) is 4.99 Å². The van der Waals surface area contributed by atoms with Crippen molar-refractivity contribution in [3.63, 3.8) is 0 Å². The Morgan fingerprint density at radius 3 is 2.34 bits per heavy atom. The Morgan fingerprint density at radius 2 is 1.66 bits per heavy atom. The van der Waals surface area contributed by atoms with E-state index in [2.05, 4.69) is 22.0 Å². The lowest BCUT2D eigenvalue weighted by atomic mass is 9.84. The van der Waals surface area contributed by atoms with Gasteiger partial charge in [0.2, 0.25) is 0 Å². The van der Waals surface area contributed by atoms with Crippen LogP contribution >= 0.6 is 11.8 Å². The topological polar surface area (TPSA) is 72.7 Å². The smallest absolute Gasteiger partial charge is 0.270 e. The molecule has 0 spiro atoms. The number of benzene rings is 2. The highest BCUT2D eigenvalue weighted by Gasteiger charge is 2.43. The number of ether oxygens (including phenoxy) is 3. The summed E-state index contributed by atoms with van der Waals surface area (Å²) >= 11 is 1.63. The first-order valence-corrected chi connectivity index (χ1v) is 13.1. The Morgan fingerprint density at radius 1 is 0.943 bits per heavy atom. The van der Waals surface area contributed by atoms with Gasteiger partial charge in [0.05, 0.1) is 27.0 Å². The van der Waals surface area contributed by atoms with Crippen LogP contribution in [0.3, 0.4) is 0 Å². The van der Waals surface area contributed by atoms with E-state index in [4.69, 9.17) is 19.2 Å². The van der Waals surface area contributed by atoms with Crippen LogP contribution in [0.4, 0.5) is 5.69 Å². The fourth-order valence-electron chi connectivity index (χ4n) is 5.12. The number of hydrogen-bond acceptors (Lipinski definition) is 7. The molecular weight excluding hydrogens is 462 g/mol. The number of thioether (sulfide) groups is 1. The lowest BCUT2D eigenvalue weighted by Crippen LogP contribution is -2.44. The van der Waals surface area contributed by atoms with Crippen LogP contribution in [-0.4, -0.2) is 49.2 Å². The predicted molar refractivity (Wildman–Crippen MR) is 139 cm³/mol. The van der Waals surface area contributed by atoms with Gasteiger partial charge in [0.25, 0.3) is 5.91 Å². The van der Waals surface area contributed by atoms with E-state index in [1.54, 1.807) is 33.1 Å². The van der Waals surface area contributed by atoms with E-state index >= 15 is 0 Å². The van der Waals surface area contributed by atoms with E-state index in [-0.39, 0.29) is 11.9 Å². The normalized spacial score (nSPS) is 19.6. The molecule has 0 N–H and O–H groups in total. The molecule has 1 amide bonds. The molecule has 1 unspecified atom stereocenters. The first kappa shape index (κ1) is 23.7. The first-order valence-electron chi connectivity index (χ1n) is 12.1. The van der Waals surface area contributed by atoms with Crippen molar-refractivity contribution in [1.29, 1.82) is 0 Å². The van der Waals surface area contributed by atoms with Crippen LogP contribution in [-0.2, 0) is 10.5 Å². The number of fused-ring (bicyclic) bond motifs is 3. The maximum absolute atomic E-state index is 13.2. The summed E-state index contributed by atoms with van der Waals surface area (Å²) in [5, 5.41) is 0.797. The SMILES string of the molecule is COc1ccc(CSC2=Nc3cc(OC)c(OC)cc3C3=NC(=O)C(CC4CCCCC4)N23)cc1. The van der Waals surface area contributed by atoms with Crippen molar-refractivity contribution in [2.24, 2.45) is 15.9 Å². The highest BCUT2D eigenvalue weighted by atomic mass is 32.2. The summed E-state index contributed by atoms with van der Waals surface area (Å²) in [5.74, 6) is 3.89. The van der Waals surface area contributed by atoms with Crippen LogP contribution < -0.4 is 14.2 Å². The minimum Gasteiger partial charge on any atom is -0.497 e. The third-order valence-electron chi connectivity index (χ3n) is 7.01. The summed E-state index contributed by atoms with van der Waals surface area (Å²) in [5.41, 5.74) is 2.70. The number of aliphatic imine (C=N–C) groups is 2. The highest BCUT2D eigenvalue weighted by molar-refractivity contribution is 8.13. The molecule has 1 atom stereocenters. The molecular formula is C27H31N3O4S. The average molecular weight is 494 g/mol. The third kappa shape index (κ3) is 4.76. The van der Waals surface area contributed by atoms with E-state index in [1.807, 2.05) is 24.3 Å². The van der Waals surface area contributed by atoms with Crippen LogP contribution in [0.25, 0.3) is 0 Å². The standard InChI is InChI=1S/C27H31N3O4S/c1-32-19-11-9-18(10-12-19)16-35-27-28-21-15-24(34-3)23(33-2)14-20(21)25-29-26(31)22(30(25)27)13-17-7-5-4-6-8-17/h9-12,14-15,17,22H,4-8,13,16H2,1-3H3. The number of amides is 1. The Balaban J connectivity index is 1.49. The van der Waals surface area contributed by atoms with Gasteiger partial charge >= 0.3 is 0 Å². The molecule has 7 nitrogen and oxygen atoms in total. The van der Waals surface area contributed by atoms with Gasteiger partial charge in [-0.2, -0.15) is 4.99 Å². The lowest BCUT2D eigenvalue weighted by Gasteiger charge is -2.33. The van der Waals surface area contributed by atoms with Gasteiger partial charge in [-0.1, -0.05) is 56.0 Å². The molecule has 0 saturated heterocycles. The van der Waals surface area contributed by atoms with E-state index in [0.717, 1.165) is 39.9 Å². The zero-order valence-electron chi connectivity index (χ0n) is 20.5. The lowest BCUT2D eigenvalue weighted by molar-refractivity contribution is -0.120. The summed E-state index contributed by atoms with van der Waals surface area (Å²) in [4.78, 5) is 24.9. The van der Waals surface area contributed by atoms with Crippen molar-refractivity contribution >= 4 is 34.4 Å². The van der Waals surface area contributed by atoms with Gasteiger partial charge < -0.3 is 14.2 Å². The summed E-state index contributed by atoms with van der Waals surface area (Å²) in [6.45, 7) is 0. The molecule has 2 aromatic rings. The zero-order valence-corrected chi connectivity index (χ0v) is 21.3. The molecule has 8 heteroatoms. The fraction of sp³-hybridized carbons (Fsp3) is 0.444. The highest BCUT2D eigenvalue weighted by Crippen LogP contribution is 2.42. The number of methoxy groups -OCH3 is 3. The average Bonchev–Trinajstić information content (AvgIpc) is 3.23. The van der Waals surface area contributed by atoms with Crippen LogP contribution in [0.5, 0.6) is 17.2 Å². The minimum absolute atomic E-state index is 0.0778. The van der Waals surface area contributed by atoms with Crippen LogP contribution in [0.15, 0.2) is 46.4 Å². The van der Waals surface area contributed by atoms with Gasteiger partial charge in [0.1, 0.15) is 17.6 Å². The second-order valence-corrected chi connectivity index (χ2v) is 10.1. The van der Waals surface area contributed by atoms with E-state index in [9.17, 15) is 4.79 Å². The quantitative estimate of drug-likeness (QED) is 0.502. The van der Waals surface area contributed by atoms with Crippen LogP contribution in [0.2, 0.25) is 0 Å². The van der Waals surface area contributed by atoms with E-state index in [1.165, 1.54) is 32.1 Å². The molecule has 1 saturated carbocycles. The third-order valence-corrected chi connectivity index (χ3v) is 8.04. The minimum atomic E-state index is -0.309. The molecule has 2 aliphatic heterocycles. The van der Waals surface area contributed by atoms with Crippen molar-refractivity contribution < 1.29 is 19.0 Å². The number of carbonyl (C=O) groups excluding carboxylic acids is 1. The molecule has 1 aliphatic carbocycles. The molecule has 0 aromatic heterocycles. The maximum atomic E-state index is 13.2. The Kier molecular flexibility index (Phi) is 7.00. The fourth-order valence-corrected chi connectivity index (χ4v) is 6.12. The number of amidine groups is 2. The number of rotatable bonds is 7. The molecule has 0 radical (unpaired) electrons. The number of nitrogens with zero attached hydrogens (tertiary/aromatic N) is 3. The van der Waals surface area contributed by atoms with Crippen LogP contribution in [0.1, 0.15) is 49.7 Å².